The molecular weight excluding hydrogens is 430 g/mol. The number of carbonyl (C=O) groups excluding carboxylic acids is 1. The van der Waals surface area contributed by atoms with Gasteiger partial charge in [0.1, 0.15) is 17.1 Å². The van der Waals surface area contributed by atoms with Crippen molar-refractivity contribution in [3.8, 4) is 17.1 Å². The first kappa shape index (κ1) is 20.3. The van der Waals surface area contributed by atoms with Crippen LogP contribution in [0, 0.1) is 0 Å². The largest absolute Gasteiger partial charge is 0.497 e. The molecule has 8 heteroatoms. The molecule has 0 aliphatic heterocycles. The van der Waals surface area contributed by atoms with Gasteiger partial charge < -0.3 is 9.15 Å². The second-order valence-electron chi connectivity index (χ2n) is 7.79. The third-order valence-electron chi connectivity index (χ3n) is 5.57. The van der Waals surface area contributed by atoms with E-state index >= 15 is 0 Å². The molecule has 0 atom stereocenters. The molecule has 0 radical (unpaired) electrons. The molecule has 1 aliphatic rings. The van der Waals surface area contributed by atoms with E-state index in [1.807, 2.05) is 18.2 Å². The number of carbonyl (C=O) groups is 1. The van der Waals surface area contributed by atoms with Crippen LogP contribution in [-0.4, -0.2) is 23.2 Å². The second kappa shape index (κ2) is 7.84. The summed E-state index contributed by atoms with van der Waals surface area (Å²) < 4.78 is 11.2. The first-order valence-electron chi connectivity index (χ1n) is 10.2. The minimum Gasteiger partial charge on any atom is -0.497 e. The summed E-state index contributed by atoms with van der Waals surface area (Å²) >= 11 is 6.65. The Balaban J connectivity index is 1.59. The van der Waals surface area contributed by atoms with Crippen molar-refractivity contribution >= 4 is 40.0 Å². The van der Waals surface area contributed by atoms with Crippen molar-refractivity contribution in [3.63, 3.8) is 0 Å². The summed E-state index contributed by atoms with van der Waals surface area (Å²) in [6.45, 7) is 1.43. The molecule has 5 rings (SSSR count). The summed E-state index contributed by atoms with van der Waals surface area (Å²) in [5.41, 5.74) is 2.14. The first-order valence-corrected chi connectivity index (χ1v) is 10.6. The van der Waals surface area contributed by atoms with Gasteiger partial charge in [0.2, 0.25) is 5.91 Å². The quantitative estimate of drug-likeness (QED) is 0.440. The number of anilines is 2. The van der Waals surface area contributed by atoms with Crippen LogP contribution < -0.4 is 15.1 Å². The van der Waals surface area contributed by atoms with E-state index in [2.05, 4.69) is 10.2 Å². The number of halogens is 1. The number of amides is 1. The van der Waals surface area contributed by atoms with Crippen molar-refractivity contribution in [1.29, 1.82) is 0 Å². The highest BCUT2D eigenvalue weighted by Crippen LogP contribution is 2.42. The number of nitrogens with one attached hydrogen (secondary N) is 1. The van der Waals surface area contributed by atoms with Crippen LogP contribution in [0.15, 0.2) is 57.7 Å². The predicted molar refractivity (Wildman–Crippen MR) is 123 cm³/mol. The minimum atomic E-state index is -0.298. The maximum absolute atomic E-state index is 13.0. The van der Waals surface area contributed by atoms with Crippen molar-refractivity contribution in [1.82, 2.24) is 10.2 Å². The van der Waals surface area contributed by atoms with Crippen molar-refractivity contribution in [2.75, 3.05) is 12.0 Å². The highest BCUT2D eigenvalue weighted by Gasteiger charge is 2.28. The van der Waals surface area contributed by atoms with Crippen molar-refractivity contribution < 1.29 is 13.9 Å². The number of H-pyrrole nitrogens is 1. The summed E-state index contributed by atoms with van der Waals surface area (Å²) in [4.78, 5) is 26.9. The van der Waals surface area contributed by atoms with Crippen molar-refractivity contribution in [3.05, 3.63) is 69.5 Å². The van der Waals surface area contributed by atoms with Crippen LogP contribution in [0.25, 0.3) is 22.3 Å². The van der Waals surface area contributed by atoms with Crippen LogP contribution in [0.2, 0.25) is 5.02 Å². The average Bonchev–Trinajstić information content (AvgIpc) is 3.53. The van der Waals surface area contributed by atoms with E-state index in [4.69, 9.17) is 20.8 Å². The number of aromatic amines is 1. The van der Waals surface area contributed by atoms with Crippen LogP contribution in [0.1, 0.15) is 31.4 Å². The monoisotopic (exact) mass is 449 g/mol. The van der Waals surface area contributed by atoms with E-state index < -0.39 is 0 Å². The SMILES string of the molecule is COc1ccc(-c2cc(=O)c3c(Cl)c(N(C(C)=O)c4cc(C5CC5)[nH]n4)ccc3o2)cc1. The number of methoxy groups -OCH3 is 1. The molecule has 1 fully saturated rings. The summed E-state index contributed by atoms with van der Waals surface area (Å²) in [5, 5.41) is 7.65. The van der Waals surface area contributed by atoms with Gasteiger partial charge in [-0.3, -0.25) is 19.6 Å². The summed E-state index contributed by atoms with van der Waals surface area (Å²) in [7, 11) is 1.59. The van der Waals surface area contributed by atoms with Crippen LogP contribution in [0.5, 0.6) is 5.75 Å². The van der Waals surface area contributed by atoms with Crippen LogP contribution in [0.3, 0.4) is 0 Å². The molecule has 2 heterocycles. The maximum atomic E-state index is 13.0. The molecular formula is C24H20ClN3O4. The Morgan fingerprint density at radius 1 is 1.19 bits per heavy atom. The fourth-order valence-corrected chi connectivity index (χ4v) is 4.10. The Bertz CT molecular complexity index is 1390. The Kier molecular flexibility index (Phi) is 4.98. The minimum absolute atomic E-state index is 0.142. The number of aromatic nitrogens is 2. The maximum Gasteiger partial charge on any atom is 0.229 e. The fraction of sp³-hybridized carbons (Fsp3) is 0.208. The lowest BCUT2D eigenvalue weighted by atomic mass is 10.1. The van der Waals surface area contributed by atoms with Gasteiger partial charge in [-0.1, -0.05) is 11.6 Å². The molecule has 2 aromatic heterocycles. The molecule has 4 aromatic rings. The van der Waals surface area contributed by atoms with Gasteiger partial charge in [0.25, 0.3) is 0 Å². The lowest BCUT2D eigenvalue weighted by molar-refractivity contribution is -0.115. The molecule has 1 amide bonds. The number of hydrogen-bond donors (Lipinski definition) is 1. The highest BCUT2D eigenvalue weighted by molar-refractivity contribution is 6.38. The standard InChI is InChI=1S/C24H20ClN3O4/c1-13(29)28(22-11-17(26-27-22)14-3-4-14)18-9-10-20-23(24(18)25)19(30)12-21(32-20)15-5-7-16(31-2)8-6-15/h5-12,14H,3-4H2,1-2H3,(H,26,27). The number of nitrogens with zero attached hydrogens (tertiary/aromatic N) is 2. The van der Waals surface area contributed by atoms with E-state index in [1.165, 1.54) is 17.9 Å². The van der Waals surface area contributed by atoms with E-state index in [0.29, 0.717) is 34.5 Å². The third kappa shape index (κ3) is 3.54. The normalized spacial score (nSPS) is 13.3. The van der Waals surface area contributed by atoms with Gasteiger partial charge in [0.05, 0.1) is 23.2 Å². The van der Waals surface area contributed by atoms with Crippen LogP contribution >= 0.6 is 11.6 Å². The molecule has 0 unspecified atom stereocenters. The Morgan fingerprint density at radius 2 is 1.94 bits per heavy atom. The molecule has 0 bridgehead atoms. The molecule has 7 nitrogen and oxygen atoms in total. The van der Waals surface area contributed by atoms with Gasteiger partial charge in [-0.15, -0.1) is 0 Å². The lowest BCUT2D eigenvalue weighted by Gasteiger charge is -2.20. The summed E-state index contributed by atoms with van der Waals surface area (Å²) in [5.74, 6) is 1.76. The van der Waals surface area contributed by atoms with Gasteiger partial charge in [-0.2, -0.15) is 5.10 Å². The van der Waals surface area contributed by atoms with Crippen LogP contribution in [-0.2, 0) is 4.79 Å². The zero-order valence-corrected chi connectivity index (χ0v) is 18.3. The molecule has 2 aromatic carbocycles. The van der Waals surface area contributed by atoms with E-state index in [9.17, 15) is 9.59 Å². The molecule has 1 aliphatic carbocycles. The lowest BCUT2D eigenvalue weighted by Crippen LogP contribution is -2.23. The second-order valence-corrected chi connectivity index (χ2v) is 8.16. The number of rotatable bonds is 5. The van der Waals surface area contributed by atoms with E-state index in [1.54, 1.807) is 31.4 Å². The van der Waals surface area contributed by atoms with E-state index in [0.717, 1.165) is 24.1 Å². The predicted octanol–water partition coefficient (Wildman–Crippen LogP) is 5.41. The molecule has 0 saturated heterocycles. The van der Waals surface area contributed by atoms with Gasteiger partial charge in [-0.05, 0) is 49.2 Å². The first-order chi connectivity index (χ1) is 15.5. The average molecular weight is 450 g/mol. The highest BCUT2D eigenvalue weighted by atomic mass is 35.5. The molecule has 162 valence electrons. The van der Waals surface area contributed by atoms with Gasteiger partial charge in [0.15, 0.2) is 11.2 Å². The molecule has 1 N–H and O–H groups in total. The van der Waals surface area contributed by atoms with Crippen LogP contribution in [0.4, 0.5) is 11.5 Å². The zero-order chi connectivity index (χ0) is 22.4. The Hall–Kier alpha value is -3.58. The van der Waals surface area contributed by atoms with Crippen molar-refractivity contribution in [2.45, 2.75) is 25.7 Å². The number of fused-ring (bicyclic) bond motifs is 1. The van der Waals surface area contributed by atoms with Gasteiger partial charge in [0, 0.05) is 36.2 Å². The smallest absolute Gasteiger partial charge is 0.229 e. The Morgan fingerprint density at radius 3 is 2.59 bits per heavy atom. The molecule has 0 spiro atoms. The van der Waals surface area contributed by atoms with Gasteiger partial charge in [-0.25, -0.2) is 0 Å². The van der Waals surface area contributed by atoms with E-state index in [-0.39, 0.29) is 21.7 Å². The third-order valence-corrected chi connectivity index (χ3v) is 5.96. The topological polar surface area (TPSA) is 88.4 Å². The fourth-order valence-electron chi connectivity index (χ4n) is 3.77. The van der Waals surface area contributed by atoms with Crippen molar-refractivity contribution in [2.24, 2.45) is 0 Å². The molecule has 1 saturated carbocycles. The summed E-state index contributed by atoms with van der Waals surface area (Å²) in [6, 6.07) is 13.8. The van der Waals surface area contributed by atoms with Gasteiger partial charge >= 0.3 is 0 Å². The number of benzene rings is 2. The zero-order valence-electron chi connectivity index (χ0n) is 17.5. The summed E-state index contributed by atoms with van der Waals surface area (Å²) in [6.07, 6.45) is 2.21. The molecule has 32 heavy (non-hydrogen) atoms. The number of hydrogen-bond acceptors (Lipinski definition) is 5. The Labute approximate surface area is 188 Å². The number of ether oxygens (including phenoxy) is 1.